The molecular weight excluding hydrogens is 275 g/mol. The molecule has 0 bridgehead atoms. The van der Waals surface area contributed by atoms with E-state index in [1.54, 1.807) is 0 Å². The van der Waals surface area contributed by atoms with Gasteiger partial charge in [-0.05, 0) is 32.0 Å². The van der Waals surface area contributed by atoms with Crippen molar-refractivity contribution < 1.29 is 14.0 Å². The van der Waals surface area contributed by atoms with Crippen molar-refractivity contribution in [1.82, 2.24) is 15.5 Å². The molecule has 110 valence electrons. The summed E-state index contributed by atoms with van der Waals surface area (Å²) in [6, 6.07) is 5.25. The molecule has 0 spiro atoms. The number of nitrogens with one attached hydrogen (secondary N) is 3. The lowest BCUT2D eigenvalue weighted by atomic mass is 10.2. The minimum Gasteiger partial charge on any atom is -0.343 e. The van der Waals surface area contributed by atoms with Gasteiger partial charge in [-0.25, -0.2) is 4.39 Å². The minimum absolute atomic E-state index is 0.162. The summed E-state index contributed by atoms with van der Waals surface area (Å²) in [4.78, 5) is 23.5. The van der Waals surface area contributed by atoms with E-state index < -0.39 is 17.6 Å². The topological polar surface area (TPSA) is 86.9 Å². The third-order valence-electron chi connectivity index (χ3n) is 3.01. The zero-order valence-electron chi connectivity index (χ0n) is 11.7. The van der Waals surface area contributed by atoms with Crippen LogP contribution in [0.2, 0.25) is 0 Å². The third-order valence-corrected chi connectivity index (χ3v) is 3.01. The van der Waals surface area contributed by atoms with Crippen LogP contribution in [0.1, 0.15) is 21.6 Å². The van der Waals surface area contributed by atoms with E-state index in [9.17, 15) is 14.0 Å². The summed E-state index contributed by atoms with van der Waals surface area (Å²) in [6.45, 7) is 3.43. The molecule has 0 aliphatic carbocycles. The number of H-pyrrole nitrogens is 1. The van der Waals surface area contributed by atoms with Crippen LogP contribution in [-0.4, -0.2) is 28.6 Å². The Kier molecular flexibility index (Phi) is 4.32. The van der Waals surface area contributed by atoms with Crippen LogP contribution in [-0.2, 0) is 4.79 Å². The number of hydrogen-bond acceptors (Lipinski definition) is 3. The molecule has 1 aromatic heterocycles. The number of amides is 2. The largest absolute Gasteiger partial charge is 0.343 e. The van der Waals surface area contributed by atoms with Gasteiger partial charge in [0, 0.05) is 16.8 Å². The van der Waals surface area contributed by atoms with Crippen LogP contribution in [0.25, 0.3) is 0 Å². The van der Waals surface area contributed by atoms with Gasteiger partial charge in [0.15, 0.2) is 5.82 Å². The first-order valence-corrected chi connectivity index (χ1v) is 6.32. The predicted molar refractivity (Wildman–Crippen MR) is 75.4 cm³/mol. The van der Waals surface area contributed by atoms with Gasteiger partial charge in [-0.1, -0.05) is 6.07 Å². The van der Waals surface area contributed by atoms with E-state index in [4.69, 9.17) is 0 Å². The van der Waals surface area contributed by atoms with E-state index in [0.717, 1.165) is 17.3 Å². The van der Waals surface area contributed by atoms with Crippen LogP contribution >= 0.6 is 0 Å². The van der Waals surface area contributed by atoms with Crippen molar-refractivity contribution in [1.29, 1.82) is 0 Å². The number of anilines is 1. The van der Waals surface area contributed by atoms with Gasteiger partial charge in [-0.2, -0.15) is 5.10 Å². The molecule has 0 fully saturated rings. The molecule has 1 aromatic carbocycles. The van der Waals surface area contributed by atoms with Gasteiger partial charge in [0.25, 0.3) is 5.91 Å². The summed E-state index contributed by atoms with van der Waals surface area (Å²) in [6.07, 6.45) is 0. The predicted octanol–water partition coefficient (Wildman–Crippen LogP) is 1.53. The maximum Gasteiger partial charge on any atom is 0.251 e. The molecule has 2 amide bonds. The van der Waals surface area contributed by atoms with Gasteiger partial charge < -0.3 is 10.6 Å². The fraction of sp³-hybridized carbons (Fsp3) is 0.214. The smallest absolute Gasteiger partial charge is 0.251 e. The average molecular weight is 290 g/mol. The summed E-state index contributed by atoms with van der Waals surface area (Å²) in [7, 11) is 0. The highest BCUT2D eigenvalue weighted by Gasteiger charge is 2.11. The van der Waals surface area contributed by atoms with Gasteiger partial charge >= 0.3 is 0 Å². The summed E-state index contributed by atoms with van der Waals surface area (Å²) in [5.41, 5.74) is 1.85. The normalized spacial score (nSPS) is 10.2. The van der Waals surface area contributed by atoms with Gasteiger partial charge in [0.05, 0.1) is 6.54 Å². The van der Waals surface area contributed by atoms with Gasteiger partial charge in [0.2, 0.25) is 5.91 Å². The molecule has 0 unspecified atom stereocenters. The first kappa shape index (κ1) is 14.7. The highest BCUT2D eigenvalue weighted by Crippen LogP contribution is 2.13. The lowest BCUT2D eigenvalue weighted by Gasteiger charge is -2.06. The quantitative estimate of drug-likeness (QED) is 0.798. The Morgan fingerprint density at radius 1 is 1.33 bits per heavy atom. The second-order valence-electron chi connectivity index (χ2n) is 4.56. The third kappa shape index (κ3) is 3.65. The molecule has 21 heavy (non-hydrogen) atoms. The molecule has 3 N–H and O–H groups in total. The number of benzene rings is 1. The fourth-order valence-electron chi connectivity index (χ4n) is 1.68. The Hall–Kier alpha value is -2.70. The average Bonchev–Trinajstić information content (AvgIpc) is 2.77. The molecular formula is C14H15FN4O2. The second kappa shape index (κ2) is 6.17. The van der Waals surface area contributed by atoms with E-state index in [1.165, 1.54) is 18.2 Å². The second-order valence-corrected chi connectivity index (χ2v) is 4.56. The highest BCUT2D eigenvalue weighted by atomic mass is 19.1. The Morgan fingerprint density at radius 2 is 2.10 bits per heavy atom. The number of rotatable bonds is 4. The fourth-order valence-corrected chi connectivity index (χ4v) is 1.68. The number of aromatic amines is 1. The molecule has 0 aliphatic rings. The molecule has 0 aliphatic heterocycles. The van der Waals surface area contributed by atoms with Crippen molar-refractivity contribution in [3.05, 3.63) is 46.9 Å². The maximum absolute atomic E-state index is 13.0. The van der Waals surface area contributed by atoms with Gasteiger partial charge in [-0.15, -0.1) is 0 Å². The maximum atomic E-state index is 13.0. The summed E-state index contributed by atoms with van der Waals surface area (Å²) in [5.74, 6) is -0.999. The molecule has 0 saturated heterocycles. The van der Waals surface area contributed by atoms with Crippen LogP contribution in [0.4, 0.5) is 10.2 Å². The van der Waals surface area contributed by atoms with E-state index in [0.29, 0.717) is 5.82 Å². The molecule has 7 heteroatoms. The molecule has 6 nitrogen and oxygen atoms in total. The number of carbonyl (C=O) groups is 2. The summed E-state index contributed by atoms with van der Waals surface area (Å²) >= 11 is 0. The SMILES string of the molecule is Cc1[nH]nc(NC(=O)CNC(=O)c2cccc(F)c2)c1C. The van der Waals surface area contributed by atoms with Gasteiger partial charge in [0.1, 0.15) is 5.82 Å². The Balaban J connectivity index is 1.89. The standard InChI is InChI=1S/C14H15FN4O2/c1-8-9(2)18-19-13(8)17-12(20)7-16-14(21)10-4-3-5-11(15)6-10/h3-6H,7H2,1-2H3,(H,16,21)(H2,17,18,19,20). The molecule has 0 atom stereocenters. The van der Waals surface area contributed by atoms with Crippen LogP contribution in [0.15, 0.2) is 24.3 Å². The summed E-state index contributed by atoms with van der Waals surface area (Å²) in [5, 5.41) is 11.7. The van der Waals surface area contributed by atoms with Crippen molar-refractivity contribution >= 4 is 17.6 Å². The number of nitrogens with zero attached hydrogens (tertiary/aromatic N) is 1. The molecule has 0 radical (unpaired) electrons. The summed E-state index contributed by atoms with van der Waals surface area (Å²) < 4.78 is 13.0. The zero-order chi connectivity index (χ0) is 15.4. The molecule has 1 heterocycles. The van der Waals surface area contributed by atoms with Crippen LogP contribution in [0, 0.1) is 19.7 Å². The lowest BCUT2D eigenvalue weighted by molar-refractivity contribution is -0.115. The van der Waals surface area contributed by atoms with Crippen LogP contribution < -0.4 is 10.6 Å². The highest BCUT2D eigenvalue weighted by molar-refractivity contribution is 5.99. The zero-order valence-corrected chi connectivity index (χ0v) is 11.7. The number of halogens is 1. The van der Waals surface area contributed by atoms with E-state index in [-0.39, 0.29) is 12.1 Å². The first-order valence-electron chi connectivity index (χ1n) is 6.32. The van der Waals surface area contributed by atoms with E-state index >= 15 is 0 Å². The monoisotopic (exact) mass is 290 g/mol. The minimum atomic E-state index is -0.514. The lowest BCUT2D eigenvalue weighted by Crippen LogP contribution is -2.33. The van der Waals surface area contributed by atoms with E-state index in [1.807, 2.05) is 13.8 Å². The van der Waals surface area contributed by atoms with Gasteiger partial charge in [-0.3, -0.25) is 14.7 Å². The van der Waals surface area contributed by atoms with Crippen molar-refractivity contribution in [3.8, 4) is 0 Å². The van der Waals surface area contributed by atoms with Crippen molar-refractivity contribution in [3.63, 3.8) is 0 Å². The first-order chi connectivity index (χ1) is 9.97. The Labute approximate surface area is 120 Å². The van der Waals surface area contributed by atoms with Crippen LogP contribution in [0.3, 0.4) is 0 Å². The van der Waals surface area contributed by atoms with Crippen molar-refractivity contribution in [2.75, 3.05) is 11.9 Å². The number of carbonyl (C=O) groups excluding carboxylic acids is 2. The number of aromatic nitrogens is 2. The molecule has 2 aromatic rings. The molecule has 2 rings (SSSR count). The Morgan fingerprint density at radius 3 is 2.71 bits per heavy atom. The van der Waals surface area contributed by atoms with Crippen LogP contribution in [0.5, 0.6) is 0 Å². The Bertz CT molecular complexity index is 681. The molecule has 0 saturated carbocycles. The van der Waals surface area contributed by atoms with Crippen molar-refractivity contribution in [2.24, 2.45) is 0 Å². The number of hydrogen-bond donors (Lipinski definition) is 3. The number of aryl methyl sites for hydroxylation is 1. The van der Waals surface area contributed by atoms with E-state index in [2.05, 4.69) is 20.8 Å². The van der Waals surface area contributed by atoms with Crippen molar-refractivity contribution in [2.45, 2.75) is 13.8 Å².